The topological polar surface area (TPSA) is 34.4 Å². The number of allylic oxidation sites excluding steroid dienone is 1. The molecular weight excluding hydrogens is 308 g/mol. The van der Waals surface area contributed by atoms with Crippen LogP contribution in [0, 0.1) is 0 Å². The number of rotatable bonds is 0. The van der Waals surface area contributed by atoms with Crippen LogP contribution in [0.1, 0.15) is 37.3 Å². The van der Waals surface area contributed by atoms with Gasteiger partial charge in [-0.15, -0.1) is 0 Å². The fourth-order valence-electron chi connectivity index (χ4n) is 4.23. The molecular formula is C22H18N2O. The lowest BCUT2D eigenvalue weighted by molar-refractivity contribution is 0.759. The fourth-order valence-corrected chi connectivity index (χ4v) is 4.23. The normalized spacial score (nSPS) is 17.7. The third-order valence-corrected chi connectivity index (χ3v) is 5.35. The first-order chi connectivity index (χ1) is 12.2. The van der Waals surface area contributed by atoms with E-state index in [9.17, 15) is 4.79 Å². The van der Waals surface area contributed by atoms with Crippen LogP contribution in [0.4, 0.5) is 0 Å². The van der Waals surface area contributed by atoms with Gasteiger partial charge in [-0.2, -0.15) is 0 Å². The predicted molar refractivity (Wildman–Crippen MR) is 104 cm³/mol. The van der Waals surface area contributed by atoms with Crippen molar-refractivity contribution in [3.05, 3.63) is 69.2 Å². The summed E-state index contributed by atoms with van der Waals surface area (Å²) in [5.74, 6) is 0.327. The van der Waals surface area contributed by atoms with Crippen LogP contribution in [0.5, 0.6) is 0 Å². The summed E-state index contributed by atoms with van der Waals surface area (Å²) >= 11 is 0. The van der Waals surface area contributed by atoms with Crippen LogP contribution < -0.4 is 10.8 Å². The Hall–Kier alpha value is -2.94. The largest absolute Gasteiger partial charge is 0.268 e. The van der Waals surface area contributed by atoms with E-state index in [1.165, 1.54) is 0 Å². The molecule has 0 fully saturated rings. The number of aromatic nitrogens is 2. The second-order valence-corrected chi connectivity index (χ2v) is 6.80. The number of fused-ring (bicyclic) bond motifs is 3. The summed E-state index contributed by atoms with van der Waals surface area (Å²) in [5.41, 5.74) is 4.61. The van der Waals surface area contributed by atoms with E-state index in [1.54, 1.807) is 4.40 Å². The van der Waals surface area contributed by atoms with Crippen molar-refractivity contribution in [1.82, 2.24) is 9.38 Å². The van der Waals surface area contributed by atoms with Crippen molar-refractivity contribution in [1.29, 1.82) is 0 Å². The average Bonchev–Trinajstić information content (AvgIpc) is 2.63. The molecule has 0 bridgehead atoms. The lowest BCUT2D eigenvalue weighted by Gasteiger charge is -2.20. The van der Waals surface area contributed by atoms with E-state index in [4.69, 9.17) is 4.98 Å². The maximum atomic E-state index is 13.4. The Labute approximate surface area is 144 Å². The molecule has 0 amide bonds. The van der Waals surface area contributed by atoms with Crippen LogP contribution in [0.2, 0.25) is 0 Å². The predicted octanol–water partition coefficient (Wildman–Crippen LogP) is 4.04. The maximum absolute atomic E-state index is 13.4. The monoisotopic (exact) mass is 326 g/mol. The van der Waals surface area contributed by atoms with Crippen LogP contribution >= 0.6 is 0 Å². The molecule has 25 heavy (non-hydrogen) atoms. The van der Waals surface area contributed by atoms with E-state index < -0.39 is 0 Å². The number of hydrogen-bond donors (Lipinski definition) is 0. The minimum Gasteiger partial charge on any atom is -0.268 e. The number of hydrogen-bond acceptors (Lipinski definition) is 2. The quantitative estimate of drug-likeness (QED) is 0.361. The summed E-state index contributed by atoms with van der Waals surface area (Å²) in [6.07, 6.45) is 7.15. The Morgan fingerprint density at radius 1 is 1.20 bits per heavy atom. The van der Waals surface area contributed by atoms with Gasteiger partial charge in [0.2, 0.25) is 0 Å². The Kier molecular flexibility index (Phi) is 2.90. The highest BCUT2D eigenvalue weighted by Gasteiger charge is 2.21. The van der Waals surface area contributed by atoms with Gasteiger partial charge in [0, 0.05) is 16.2 Å². The highest BCUT2D eigenvalue weighted by Crippen LogP contribution is 2.28. The molecule has 3 heteroatoms. The average molecular weight is 326 g/mol. The standard InChI is InChI=1S/C22H18N2O/c1-3-15-19-13(2)7-4-10-16(19)22(25)24-18-12-6-9-14-8-5-11-17(20(14)18)23-21(15)24/h3-6,8-13H,7H2,1-2H3/b15-3+. The van der Waals surface area contributed by atoms with Crippen molar-refractivity contribution in [2.45, 2.75) is 26.2 Å². The molecule has 122 valence electrons. The first-order valence-corrected chi connectivity index (χ1v) is 8.73. The highest BCUT2D eigenvalue weighted by atomic mass is 16.1. The maximum Gasteiger partial charge on any atom is 0.264 e. The first-order valence-electron chi connectivity index (χ1n) is 8.73. The van der Waals surface area contributed by atoms with Crippen molar-refractivity contribution in [2.75, 3.05) is 0 Å². The minimum atomic E-state index is 0.0316. The fraction of sp³-hybridized carbons (Fsp3) is 0.182. The zero-order chi connectivity index (χ0) is 17.1. The lowest BCUT2D eigenvalue weighted by atomic mass is 9.87. The minimum absolute atomic E-state index is 0.0316. The van der Waals surface area contributed by atoms with Crippen LogP contribution in [0.3, 0.4) is 0 Å². The van der Waals surface area contributed by atoms with Gasteiger partial charge in [-0.1, -0.05) is 49.4 Å². The van der Waals surface area contributed by atoms with Gasteiger partial charge < -0.3 is 0 Å². The third-order valence-electron chi connectivity index (χ3n) is 5.35. The van der Waals surface area contributed by atoms with E-state index in [1.807, 2.05) is 37.3 Å². The van der Waals surface area contributed by atoms with Crippen molar-refractivity contribution in [3.8, 4) is 0 Å². The van der Waals surface area contributed by atoms with Crippen molar-refractivity contribution < 1.29 is 0 Å². The summed E-state index contributed by atoms with van der Waals surface area (Å²) < 4.78 is 1.80. The molecule has 0 saturated heterocycles. The summed E-state index contributed by atoms with van der Waals surface area (Å²) in [5, 5.41) is 3.24. The van der Waals surface area contributed by atoms with E-state index in [2.05, 4.69) is 31.2 Å². The molecule has 2 heterocycles. The Morgan fingerprint density at radius 3 is 2.80 bits per heavy atom. The Balaban J connectivity index is 2.18. The summed E-state index contributed by atoms with van der Waals surface area (Å²) in [4.78, 5) is 18.3. The molecule has 0 spiro atoms. The zero-order valence-corrected chi connectivity index (χ0v) is 14.3. The first kappa shape index (κ1) is 14.4. The van der Waals surface area contributed by atoms with Crippen LogP contribution in [0.25, 0.3) is 39.6 Å². The number of benzene rings is 2. The Morgan fingerprint density at radius 2 is 2.00 bits per heavy atom. The molecule has 1 unspecified atom stereocenters. The zero-order valence-electron chi connectivity index (χ0n) is 14.3. The van der Waals surface area contributed by atoms with E-state index in [0.29, 0.717) is 5.92 Å². The van der Waals surface area contributed by atoms with Crippen LogP contribution in [-0.2, 0) is 0 Å². The van der Waals surface area contributed by atoms with Crippen molar-refractivity contribution in [2.24, 2.45) is 0 Å². The van der Waals surface area contributed by atoms with Gasteiger partial charge in [-0.05, 0) is 42.3 Å². The summed E-state index contributed by atoms with van der Waals surface area (Å²) in [7, 11) is 0. The Bertz CT molecular complexity index is 1310. The molecule has 2 aromatic heterocycles. The molecule has 3 nitrogen and oxygen atoms in total. The second-order valence-electron chi connectivity index (χ2n) is 6.80. The van der Waals surface area contributed by atoms with E-state index in [0.717, 1.165) is 50.2 Å². The van der Waals surface area contributed by atoms with Gasteiger partial charge in [-0.25, -0.2) is 4.98 Å². The third kappa shape index (κ3) is 1.81. The van der Waals surface area contributed by atoms with Crippen LogP contribution in [0.15, 0.2) is 47.3 Å². The molecule has 5 rings (SSSR count). The van der Waals surface area contributed by atoms with Crippen molar-refractivity contribution in [3.63, 3.8) is 0 Å². The van der Waals surface area contributed by atoms with E-state index in [-0.39, 0.29) is 5.56 Å². The summed E-state index contributed by atoms with van der Waals surface area (Å²) in [6, 6.07) is 12.2. The lowest BCUT2D eigenvalue weighted by Crippen LogP contribution is -2.31. The summed E-state index contributed by atoms with van der Waals surface area (Å²) in [6.45, 7) is 4.21. The number of pyridine rings is 1. The molecule has 1 atom stereocenters. The van der Waals surface area contributed by atoms with Gasteiger partial charge in [-0.3, -0.25) is 9.20 Å². The SMILES string of the molecule is C/C=c1\c2c(c(=O)n3c1nc1cccc4cccc3c41)C=CCC2C. The molecule has 0 saturated carbocycles. The van der Waals surface area contributed by atoms with E-state index >= 15 is 0 Å². The smallest absolute Gasteiger partial charge is 0.264 e. The van der Waals surface area contributed by atoms with Crippen molar-refractivity contribution >= 4 is 39.6 Å². The molecule has 1 aliphatic carbocycles. The van der Waals surface area contributed by atoms with Gasteiger partial charge in [0.1, 0.15) is 5.65 Å². The molecule has 2 aromatic carbocycles. The molecule has 1 aliphatic rings. The second kappa shape index (κ2) is 5.03. The van der Waals surface area contributed by atoms with Crippen LogP contribution in [-0.4, -0.2) is 9.38 Å². The molecule has 4 aromatic rings. The van der Waals surface area contributed by atoms with Gasteiger partial charge in [0.05, 0.1) is 11.0 Å². The molecule has 0 N–H and O–H groups in total. The van der Waals surface area contributed by atoms with Gasteiger partial charge in [0.15, 0.2) is 0 Å². The molecule has 0 radical (unpaired) electrons. The number of nitrogens with zero attached hydrogens (tertiary/aromatic N) is 2. The molecule has 0 aliphatic heterocycles. The highest BCUT2D eigenvalue weighted by molar-refractivity contribution is 6.08. The van der Waals surface area contributed by atoms with Gasteiger partial charge in [0.25, 0.3) is 5.56 Å². The van der Waals surface area contributed by atoms with Gasteiger partial charge >= 0.3 is 0 Å².